The van der Waals surface area contributed by atoms with E-state index in [1.165, 1.54) is 22.3 Å². The maximum absolute atomic E-state index is 6.20. The zero-order valence-corrected chi connectivity index (χ0v) is 14.3. The van der Waals surface area contributed by atoms with Gasteiger partial charge in [-0.1, -0.05) is 58.2 Å². The van der Waals surface area contributed by atoms with Crippen molar-refractivity contribution in [1.82, 2.24) is 5.32 Å². The van der Waals surface area contributed by atoms with Crippen LogP contribution in [-0.4, -0.2) is 6.54 Å². The Hall–Kier alpha value is -0.830. The van der Waals surface area contributed by atoms with Gasteiger partial charge in [-0.25, -0.2) is 0 Å². The van der Waals surface area contributed by atoms with Gasteiger partial charge in [-0.15, -0.1) is 0 Å². The fraction of sp³-hybridized carbons (Fsp3) is 0.294. The van der Waals surface area contributed by atoms with Gasteiger partial charge in [0.2, 0.25) is 0 Å². The van der Waals surface area contributed by atoms with E-state index in [0.29, 0.717) is 0 Å². The van der Waals surface area contributed by atoms with Crippen molar-refractivity contribution in [3.05, 3.63) is 68.1 Å². The van der Waals surface area contributed by atoms with Crippen LogP contribution in [0.25, 0.3) is 0 Å². The molecule has 0 fully saturated rings. The molecule has 0 aliphatic rings. The zero-order valence-electron chi connectivity index (χ0n) is 12.0. The highest BCUT2D eigenvalue weighted by molar-refractivity contribution is 9.10. The molecule has 0 bridgehead atoms. The Kier molecular flexibility index (Phi) is 5.25. The lowest BCUT2D eigenvalue weighted by Crippen LogP contribution is -2.23. The predicted molar refractivity (Wildman–Crippen MR) is 90.6 cm³/mol. The molecule has 0 spiro atoms. The number of aryl methyl sites for hydroxylation is 2. The lowest BCUT2D eigenvalue weighted by atomic mass is 9.93. The lowest BCUT2D eigenvalue weighted by molar-refractivity contribution is 0.627. The van der Waals surface area contributed by atoms with E-state index in [-0.39, 0.29) is 6.04 Å². The molecule has 1 atom stereocenters. The summed E-state index contributed by atoms with van der Waals surface area (Å²) in [4.78, 5) is 0. The third kappa shape index (κ3) is 3.63. The summed E-state index contributed by atoms with van der Waals surface area (Å²) >= 11 is 9.72. The number of nitrogens with one attached hydrogen (secondary N) is 1. The highest BCUT2D eigenvalue weighted by Crippen LogP contribution is 2.30. The number of hydrogen-bond acceptors (Lipinski definition) is 1. The van der Waals surface area contributed by atoms with Crippen LogP contribution in [0.5, 0.6) is 0 Å². The number of hydrogen-bond donors (Lipinski definition) is 1. The first kappa shape index (κ1) is 15.6. The van der Waals surface area contributed by atoms with E-state index in [1.807, 2.05) is 12.1 Å². The van der Waals surface area contributed by atoms with E-state index < -0.39 is 0 Å². The van der Waals surface area contributed by atoms with Crippen molar-refractivity contribution in [3.8, 4) is 0 Å². The van der Waals surface area contributed by atoms with Crippen LogP contribution in [0, 0.1) is 13.8 Å². The minimum absolute atomic E-state index is 0.162. The van der Waals surface area contributed by atoms with Crippen molar-refractivity contribution in [2.24, 2.45) is 0 Å². The molecule has 1 nitrogen and oxygen atoms in total. The van der Waals surface area contributed by atoms with Gasteiger partial charge < -0.3 is 5.32 Å². The summed E-state index contributed by atoms with van der Waals surface area (Å²) in [6, 6.07) is 12.8. The van der Waals surface area contributed by atoms with E-state index >= 15 is 0 Å². The Labute approximate surface area is 134 Å². The molecule has 0 saturated carbocycles. The van der Waals surface area contributed by atoms with E-state index in [9.17, 15) is 0 Å². The van der Waals surface area contributed by atoms with Gasteiger partial charge in [0.15, 0.2) is 0 Å². The summed E-state index contributed by atoms with van der Waals surface area (Å²) in [5.74, 6) is 0. The van der Waals surface area contributed by atoms with Crippen molar-refractivity contribution in [3.63, 3.8) is 0 Å². The molecule has 0 aromatic heterocycles. The van der Waals surface area contributed by atoms with Crippen LogP contribution in [0.3, 0.4) is 0 Å². The average molecular weight is 353 g/mol. The van der Waals surface area contributed by atoms with Crippen LogP contribution in [0.2, 0.25) is 5.02 Å². The summed E-state index contributed by atoms with van der Waals surface area (Å²) in [5, 5.41) is 4.31. The van der Waals surface area contributed by atoms with Gasteiger partial charge >= 0.3 is 0 Å². The van der Waals surface area contributed by atoms with Gasteiger partial charge in [0, 0.05) is 9.50 Å². The fourth-order valence-corrected chi connectivity index (χ4v) is 3.31. The smallest absolute Gasteiger partial charge is 0.0580 e. The molecule has 2 aromatic rings. The molecule has 0 amide bonds. The highest BCUT2D eigenvalue weighted by Gasteiger charge is 2.16. The largest absolute Gasteiger partial charge is 0.307 e. The molecule has 1 N–H and O–H groups in total. The van der Waals surface area contributed by atoms with Gasteiger partial charge in [-0.2, -0.15) is 0 Å². The molecule has 106 valence electrons. The molecule has 2 rings (SSSR count). The van der Waals surface area contributed by atoms with Crippen molar-refractivity contribution in [2.75, 3.05) is 6.54 Å². The molecular formula is C17H19BrClN. The van der Waals surface area contributed by atoms with Gasteiger partial charge in [-0.3, -0.25) is 0 Å². The van der Waals surface area contributed by atoms with Crippen LogP contribution in [-0.2, 0) is 0 Å². The normalized spacial score (nSPS) is 12.4. The molecule has 0 radical (unpaired) electrons. The quantitative estimate of drug-likeness (QED) is 0.775. The number of halogens is 2. The second-order valence-corrected chi connectivity index (χ2v) is 6.41. The van der Waals surface area contributed by atoms with Gasteiger partial charge in [-0.05, 0) is 55.3 Å². The summed E-state index contributed by atoms with van der Waals surface area (Å²) in [6.45, 7) is 7.30. The van der Waals surface area contributed by atoms with Crippen molar-refractivity contribution in [2.45, 2.75) is 26.8 Å². The molecule has 20 heavy (non-hydrogen) atoms. The van der Waals surface area contributed by atoms with E-state index in [0.717, 1.165) is 16.0 Å². The van der Waals surface area contributed by atoms with Gasteiger partial charge in [0.05, 0.1) is 6.04 Å². The molecule has 2 aromatic carbocycles. The first-order valence-electron chi connectivity index (χ1n) is 6.77. The Morgan fingerprint density at radius 2 is 1.90 bits per heavy atom. The topological polar surface area (TPSA) is 12.0 Å². The second kappa shape index (κ2) is 6.75. The first-order valence-corrected chi connectivity index (χ1v) is 7.95. The summed E-state index contributed by atoms with van der Waals surface area (Å²) in [6.07, 6.45) is 0. The molecule has 0 aliphatic carbocycles. The number of benzene rings is 2. The van der Waals surface area contributed by atoms with Crippen molar-refractivity contribution >= 4 is 27.5 Å². The van der Waals surface area contributed by atoms with Crippen LogP contribution < -0.4 is 5.32 Å². The molecule has 0 aliphatic heterocycles. The van der Waals surface area contributed by atoms with Gasteiger partial charge in [0.25, 0.3) is 0 Å². The monoisotopic (exact) mass is 351 g/mol. The van der Waals surface area contributed by atoms with Crippen molar-refractivity contribution < 1.29 is 0 Å². The van der Waals surface area contributed by atoms with Crippen LogP contribution in [0.4, 0.5) is 0 Å². The fourth-order valence-electron chi connectivity index (χ4n) is 2.42. The maximum Gasteiger partial charge on any atom is 0.0580 e. The Balaban J connectivity index is 2.52. The van der Waals surface area contributed by atoms with E-state index in [1.54, 1.807) is 0 Å². The van der Waals surface area contributed by atoms with E-state index in [2.05, 4.69) is 66.3 Å². The molecular weight excluding hydrogens is 334 g/mol. The number of rotatable bonds is 4. The summed E-state index contributed by atoms with van der Waals surface area (Å²) in [5.41, 5.74) is 5.05. The molecule has 0 saturated heterocycles. The summed E-state index contributed by atoms with van der Waals surface area (Å²) in [7, 11) is 0. The van der Waals surface area contributed by atoms with Crippen molar-refractivity contribution in [1.29, 1.82) is 0 Å². The SMILES string of the molecule is CCNC(c1cc(Cl)cc(Br)c1)c1cc(C)ccc1C. The van der Waals surface area contributed by atoms with Crippen LogP contribution in [0.15, 0.2) is 40.9 Å². The minimum Gasteiger partial charge on any atom is -0.307 e. The summed E-state index contributed by atoms with van der Waals surface area (Å²) < 4.78 is 1.01. The molecule has 3 heteroatoms. The third-order valence-electron chi connectivity index (χ3n) is 3.37. The van der Waals surface area contributed by atoms with Crippen LogP contribution >= 0.6 is 27.5 Å². The maximum atomic E-state index is 6.20. The zero-order chi connectivity index (χ0) is 14.7. The highest BCUT2D eigenvalue weighted by atomic mass is 79.9. The average Bonchev–Trinajstić information content (AvgIpc) is 2.38. The lowest BCUT2D eigenvalue weighted by Gasteiger charge is -2.22. The van der Waals surface area contributed by atoms with Crippen LogP contribution in [0.1, 0.15) is 35.2 Å². The minimum atomic E-state index is 0.162. The van der Waals surface area contributed by atoms with E-state index in [4.69, 9.17) is 11.6 Å². The molecule has 0 heterocycles. The molecule has 1 unspecified atom stereocenters. The Morgan fingerprint density at radius 1 is 1.15 bits per heavy atom. The Morgan fingerprint density at radius 3 is 2.55 bits per heavy atom. The second-order valence-electron chi connectivity index (χ2n) is 5.05. The van der Waals surface area contributed by atoms with Gasteiger partial charge in [0.1, 0.15) is 0 Å². The first-order chi connectivity index (χ1) is 9.51. The predicted octanol–water partition coefficient (Wildman–Crippen LogP) is 5.42. The standard InChI is InChI=1S/C17H19BrClN/c1-4-20-17(13-8-14(18)10-15(19)9-13)16-7-11(2)5-6-12(16)3/h5-10,17,20H,4H2,1-3H3. The Bertz CT molecular complexity index is 590. The third-order valence-corrected chi connectivity index (χ3v) is 4.05.